The Kier molecular flexibility index (Phi) is 3.88. The smallest absolute Gasteiger partial charge is 0.161 e. The van der Waals surface area contributed by atoms with Crippen molar-refractivity contribution in [2.24, 2.45) is 0 Å². The lowest BCUT2D eigenvalue weighted by atomic mass is 9.84. The Morgan fingerprint density at radius 2 is 1.90 bits per heavy atom. The van der Waals surface area contributed by atoms with E-state index in [-0.39, 0.29) is 5.41 Å². The first kappa shape index (κ1) is 14.0. The molecule has 0 aliphatic carbocycles. The number of benzene rings is 1. The van der Waals surface area contributed by atoms with E-state index < -0.39 is 0 Å². The summed E-state index contributed by atoms with van der Waals surface area (Å²) in [4.78, 5) is 0. The van der Waals surface area contributed by atoms with Crippen molar-refractivity contribution in [2.45, 2.75) is 25.8 Å². The minimum absolute atomic E-state index is 0.00241. The standard InChI is InChI=1S/C17H21NO3/c1-17(2,12-18-11-14-4-3-7-19-14)13-5-6-15-16(10-13)21-9-8-20-15/h3-7,10,18H,8-9,11-12H2,1-2H3. The van der Waals surface area contributed by atoms with E-state index in [0.717, 1.165) is 30.3 Å². The van der Waals surface area contributed by atoms with E-state index in [9.17, 15) is 0 Å². The summed E-state index contributed by atoms with van der Waals surface area (Å²) < 4.78 is 16.6. The molecule has 0 bridgehead atoms. The molecule has 0 unspecified atom stereocenters. The first-order chi connectivity index (χ1) is 10.1. The van der Waals surface area contributed by atoms with E-state index in [1.807, 2.05) is 18.2 Å². The number of ether oxygens (including phenoxy) is 2. The number of hydrogen-bond donors (Lipinski definition) is 1. The van der Waals surface area contributed by atoms with Gasteiger partial charge in [0.25, 0.3) is 0 Å². The molecule has 2 aromatic rings. The highest BCUT2D eigenvalue weighted by Crippen LogP contribution is 2.34. The molecule has 4 heteroatoms. The average Bonchev–Trinajstić information content (AvgIpc) is 3.00. The van der Waals surface area contributed by atoms with Crippen LogP contribution in [0.25, 0.3) is 0 Å². The fourth-order valence-electron chi connectivity index (χ4n) is 2.48. The van der Waals surface area contributed by atoms with Crippen LogP contribution in [0.2, 0.25) is 0 Å². The van der Waals surface area contributed by atoms with Crippen LogP contribution in [0, 0.1) is 0 Å². The van der Waals surface area contributed by atoms with Gasteiger partial charge in [-0.05, 0) is 29.8 Å². The molecule has 0 spiro atoms. The molecule has 0 radical (unpaired) electrons. The number of nitrogens with one attached hydrogen (secondary N) is 1. The normalized spacial score (nSPS) is 14.2. The van der Waals surface area contributed by atoms with Gasteiger partial charge in [-0.3, -0.25) is 0 Å². The summed E-state index contributed by atoms with van der Waals surface area (Å²) in [7, 11) is 0. The SMILES string of the molecule is CC(C)(CNCc1ccco1)c1ccc2c(c1)OCCO2. The molecular formula is C17H21NO3. The summed E-state index contributed by atoms with van der Waals surface area (Å²) in [6.07, 6.45) is 1.70. The molecule has 0 saturated carbocycles. The highest BCUT2D eigenvalue weighted by Gasteiger charge is 2.23. The second-order valence-electron chi connectivity index (χ2n) is 5.93. The summed E-state index contributed by atoms with van der Waals surface area (Å²) in [5, 5.41) is 3.44. The lowest BCUT2D eigenvalue weighted by Crippen LogP contribution is -2.32. The molecular weight excluding hydrogens is 266 g/mol. The van der Waals surface area contributed by atoms with Gasteiger partial charge in [0.1, 0.15) is 19.0 Å². The van der Waals surface area contributed by atoms with Gasteiger partial charge in [-0.1, -0.05) is 19.9 Å². The van der Waals surface area contributed by atoms with Gasteiger partial charge in [-0.25, -0.2) is 0 Å². The molecule has 0 fully saturated rings. The highest BCUT2D eigenvalue weighted by molar-refractivity contribution is 5.45. The van der Waals surface area contributed by atoms with Gasteiger partial charge < -0.3 is 19.2 Å². The zero-order valence-corrected chi connectivity index (χ0v) is 12.5. The zero-order valence-electron chi connectivity index (χ0n) is 12.5. The van der Waals surface area contributed by atoms with Crippen molar-refractivity contribution in [1.29, 1.82) is 0 Å². The largest absolute Gasteiger partial charge is 0.486 e. The molecule has 112 valence electrons. The summed E-state index contributed by atoms with van der Waals surface area (Å²) in [6, 6.07) is 10.1. The van der Waals surface area contributed by atoms with Crippen LogP contribution in [-0.2, 0) is 12.0 Å². The molecule has 2 heterocycles. The van der Waals surface area contributed by atoms with E-state index in [1.54, 1.807) is 6.26 Å². The molecule has 0 saturated heterocycles. The fraction of sp³-hybridized carbons (Fsp3) is 0.412. The van der Waals surface area contributed by atoms with Crippen LogP contribution in [0.15, 0.2) is 41.0 Å². The van der Waals surface area contributed by atoms with Crippen molar-refractivity contribution in [3.63, 3.8) is 0 Å². The fourth-order valence-corrected chi connectivity index (χ4v) is 2.48. The van der Waals surface area contributed by atoms with Crippen LogP contribution >= 0.6 is 0 Å². The van der Waals surface area contributed by atoms with Gasteiger partial charge >= 0.3 is 0 Å². The van der Waals surface area contributed by atoms with Crippen LogP contribution in [0.3, 0.4) is 0 Å². The molecule has 1 aromatic heterocycles. The molecule has 4 nitrogen and oxygen atoms in total. The summed E-state index contributed by atoms with van der Waals surface area (Å²) >= 11 is 0. The van der Waals surface area contributed by atoms with Crippen LogP contribution in [0.5, 0.6) is 11.5 Å². The maximum Gasteiger partial charge on any atom is 0.161 e. The van der Waals surface area contributed by atoms with Crippen molar-refractivity contribution < 1.29 is 13.9 Å². The molecule has 21 heavy (non-hydrogen) atoms. The van der Waals surface area contributed by atoms with Gasteiger partial charge in [0.2, 0.25) is 0 Å². The van der Waals surface area contributed by atoms with Gasteiger partial charge in [0.15, 0.2) is 11.5 Å². The van der Waals surface area contributed by atoms with E-state index in [0.29, 0.717) is 13.2 Å². The Morgan fingerprint density at radius 1 is 1.10 bits per heavy atom. The minimum Gasteiger partial charge on any atom is -0.486 e. The van der Waals surface area contributed by atoms with Gasteiger partial charge in [0, 0.05) is 12.0 Å². The average molecular weight is 287 g/mol. The van der Waals surface area contributed by atoms with Gasteiger partial charge in [-0.2, -0.15) is 0 Å². The third kappa shape index (κ3) is 3.22. The van der Waals surface area contributed by atoms with Crippen LogP contribution < -0.4 is 14.8 Å². The molecule has 1 N–H and O–H groups in total. The lowest BCUT2D eigenvalue weighted by molar-refractivity contribution is 0.171. The number of fused-ring (bicyclic) bond motifs is 1. The van der Waals surface area contributed by atoms with E-state index in [4.69, 9.17) is 13.9 Å². The zero-order chi connectivity index (χ0) is 14.7. The Hall–Kier alpha value is -1.94. The van der Waals surface area contributed by atoms with Crippen molar-refractivity contribution in [2.75, 3.05) is 19.8 Å². The van der Waals surface area contributed by atoms with Gasteiger partial charge in [0.05, 0.1) is 12.8 Å². The second-order valence-corrected chi connectivity index (χ2v) is 5.93. The van der Waals surface area contributed by atoms with Gasteiger partial charge in [-0.15, -0.1) is 0 Å². The second kappa shape index (κ2) is 5.82. The van der Waals surface area contributed by atoms with Crippen molar-refractivity contribution in [1.82, 2.24) is 5.32 Å². The Labute approximate surface area is 125 Å². The van der Waals surface area contributed by atoms with Crippen LogP contribution in [0.1, 0.15) is 25.2 Å². The summed E-state index contributed by atoms with van der Waals surface area (Å²) in [6.45, 7) is 7.27. The number of hydrogen-bond acceptors (Lipinski definition) is 4. The summed E-state index contributed by atoms with van der Waals surface area (Å²) in [5.74, 6) is 2.63. The number of rotatable bonds is 5. The van der Waals surface area contributed by atoms with E-state index >= 15 is 0 Å². The third-order valence-corrected chi connectivity index (χ3v) is 3.77. The topological polar surface area (TPSA) is 43.6 Å². The Bertz CT molecular complexity index is 590. The predicted molar refractivity (Wildman–Crippen MR) is 80.9 cm³/mol. The quantitative estimate of drug-likeness (QED) is 0.917. The predicted octanol–water partition coefficient (Wildman–Crippen LogP) is 3.12. The minimum atomic E-state index is 0.00241. The molecule has 0 atom stereocenters. The summed E-state index contributed by atoms with van der Waals surface area (Å²) in [5.41, 5.74) is 1.24. The molecule has 1 aliphatic heterocycles. The van der Waals surface area contributed by atoms with E-state index in [1.165, 1.54) is 5.56 Å². The maximum atomic E-state index is 5.66. The molecule has 0 amide bonds. The highest BCUT2D eigenvalue weighted by atomic mass is 16.6. The van der Waals surface area contributed by atoms with Crippen molar-refractivity contribution in [3.8, 4) is 11.5 Å². The third-order valence-electron chi connectivity index (χ3n) is 3.77. The number of furan rings is 1. The molecule has 3 rings (SSSR count). The molecule has 1 aliphatic rings. The Balaban J connectivity index is 1.66. The van der Waals surface area contributed by atoms with Crippen molar-refractivity contribution >= 4 is 0 Å². The molecule has 1 aromatic carbocycles. The van der Waals surface area contributed by atoms with Crippen molar-refractivity contribution in [3.05, 3.63) is 47.9 Å². The Morgan fingerprint density at radius 3 is 2.67 bits per heavy atom. The monoisotopic (exact) mass is 287 g/mol. The van der Waals surface area contributed by atoms with E-state index in [2.05, 4.69) is 31.3 Å². The maximum absolute atomic E-state index is 5.66. The first-order valence-electron chi connectivity index (χ1n) is 7.28. The lowest BCUT2D eigenvalue weighted by Gasteiger charge is -2.27. The van der Waals surface area contributed by atoms with Crippen LogP contribution in [0.4, 0.5) is 0 Å². The van der Waals surface area contributed by atoms with Crippen LogP contribution in [-0.4, -0.2) is 19.8 Å². The first-order valence-corrected chi connectivity index (χ1v) is 7.28.